The van der Waals surface area contributed by atoms with Gasteiger partial charge < -0.3 is 29.7 Å². The van der Waals surface area contributed by atoms with Gasteiger partial charge in [0.2, 0.25) is 0 Å². The first-order chi connectivity index (χ1) is 14.7. The molecule has 3 aliphatic rings. The number of carbonyl (C=O) groups excluding carboxylic acids is 2. The minimum absolute atomic E-state index is 0.181. The van der Waals surface area contributed by atoms with Crippen LogP contribution in [0.2, 0.25) is 0 Å². The van der Waals surface area contributed by atoms with Gasteiger partial charge in [-0.1, -0.05) is 0 Å². The fourth-order valence-electron chi connectivity index (χ4n) is 4.21. The number of anilines is 2. The Morgan fingerprint density at radius 3 is 2.71 bits per heavy atom. The maximum absolute atomic E-state index is 15.1. The summed E-state index contributed by atoms with van der Waals surface area (Å²) in [5, 5.41) is 0. The molecule has 2 N–H and O–H groups in total. The van der Waals surface area contributed by atoms with E-state index >= 15 is 4.39 Å². The minimum Gasteiger partial charge on any atom is -0.444 e. The minimum atomic E-state index is -0.590. The Balaban J connectivity index is 1.50. The molecule has 0 spiro atoms. The fourth-order valence-corrected chi connectivity index (χ4v) is 4.21. The highest BCUT2D eigenvalue weighted by Crippen LogP contribution is 2.33. The van der Waals surface area contributed by atoms with Gasteiger partial charge >= 0.3 is 12.2 Å². The van der Waals surface area contributed by atoms with Crippen LogP contribution in [0, 0.1) is 5.82 Å². The van der Waals surface area contributed by atoms with Crippen LogP contribution in [0.15, 0.2) is 18.2 Å². The Kier molecular flexibility index (Phi) is 5.69. The molecule has 170 valence electrons. The van der Waals surface area contributed by atoms with Crippen LogP contribution in [-0.2, 0) is 14.2 Å². The summed E-state index contributed by atoms with van der Waals surface area (Å²) in [5.41, 5.74) is 5.82. The molecule has 0 bridgehead atoms. The summed E-state index contributed by atoms with van der Waals surface area (Å²) in [6.07, 6.45) is -1.55. The molecule has 1 aromatic carbocycles. The molecule has 0 aliphatic carbocycles. The Bertz CT molecular complexity index is 861. The smallest absolute Gasteiger partial charge is 0.414 e. The Morgan fingerprint density at radius 1 is 1.29 bits per heavy atom. The lowest BCUT2D eigenvalue weighted by Gasteiger charge is -2.38. The highest BCUT2D eigenvalue weighted by molar-refractivity contribution is 5.90. The average molecular weight is 436 g/mol. The molecule has 3 atom stereocenters. The number of amides is 2. The second-order valence-electron chi connectivity index (χ2n) is 9.04. The number of fused-ring (bicyclic) bond motifs is 1. The van der Waals surface area contributed by atoms with Crippen LogP contribution in [-0.4, -0.2) is 80.3 Å². The van der Waals surface area contributed by atoms with Crippen LogP contribution in [0.1, 0.15) is 20.8 Å². The van der Waals surface area contributed by atoms with Crippen molar-refractivity contribution in [2.75, 3.05) is 49.1 Å². The van der Waals surface area contributed by atoms with E-state index in [4.69, 9.17) is 19.9 Å². The van der Waals surface area contributed by atoms with Gasteiger partial charge in [0.05, 0.1) is 43.2 Å². The summed E-state index contributed by atoms with van der Waals surface area (Å²) in [6.45, 7) is 7.68. The van der Waals surface area contributed by atoms with Gasteiger partial charge in [0, 0.05) is 19.6 Å². The predicted octanol–water partition coefficient (Wildman–Crippen LogP) is 1.93. The average Bonchev–Trinajstić information content (AvgIpc) is 3.30. The van der Waals surface area contributed by atoms with Gasteiger partial charge in [0.25, 0.3) is 0 Å². The molecule has 9 nitrogen and oxygen atoms in total. The van der Waals surface area contributed by atoms with Crippen molar-refractivity contribution >= 4 is 23.6 Å². The lowest BCUT2D eigenvalue weighted by molar-refractivity contribution is 0.0162. The van der Waals surface area contributed by atoms with Crippen molar-refractivity contribution in [3.8, 4) is 0 Å². The molecule has 1 aromatic rings. The van der Waals surface area contributed by atoms with Gasteiger partial charge in [-0.05, 0) is 39.0 Å². The zero-order valence-electron chi connectivity index (χ0n) is 18.0. The summed E-state index contributed by atoms with van der Waals surface area (Å²) in [6, 6.07) is 4.51. The van der Waals surface area contributed by atoms with Gasteiger partial charge in [0.1, 0.15) is 17.5 Å². The van der Waals surface area contributed by atoms with E-state index in [0.29, 0.717) is 44.2 Å². The number of nitrogens with two attached hydrogens (primary N) is 1. The highest BCUT2D eigenvalue weighted by atomic mass is 19.1. The molecule has 3 heterocycles. The zero-order chi connectivity index (χ0) is 22.3. The largest absolute Gasteiger partial charge is 0.444 e. The molecule has 3 aliphatic heterocycles. The first-order valence-corrected chi connectivity index (χ1v) is 10.5. The van der Waals surface area contributed by atoms with Crippen molar-refractivity contribution in [1.82, 2.24) is 4.90 Å². The van der Waals surface area contributed by atoms with Crippen molar-refractivity contribution in [2.24, 2.45) is 5.73 Å². The highest BCUT2D eigenvalue weighted by Gasteiger charge is 2.44. The van der Waals surface area contributed by atoms with Gasteiger partial charge in [-0.2, -0.15) is 0 Å². The van der Waals surface area contributed by atoms with E-state index in [1.54, 1.807) is 17.0 Å². The van der Waals surface area contributed by atoms with Crippen LogP contribution < -0.4 is 15.5 Å². The quantitative estimate of drug-likeness (QED) is 0.773. The van der Waals surface area contributed by atoms with E-state index in [-0.39, 0.29) is 18.7 Å². The maximum atomic E-state index is 15.1. The van der Waals surface area contributed by atoms with Crippen LogP contribution >= 0.6 is 0 Å². The monoisotopic (exact) mass is 436 g/mol. The normalized spacial score (nSPS) is 26.2. The van der Waals surface area contributed by atoms with Gasteiger partial charge in [-0.25, -0.2) is 14.0 Å². The molecule has 31 heavy (non-hydrogen) atoms. The number of nitrogens with zero attached hydrogens (tertiary/aromatic N) is 3. The zero-order valence-corrected chi connectivity index (χ0v) is 18.0. The van der Waals surface area contributed by atoms with Crippen LogP contribution in [0.5, 0.6) is 0 Å². The number of cyclic esters (lactones) is 1. The topological polar surface area (TPSA) is 97.6 Å². The number of rotatable bonds is 3. The van der Waals surface area contributed by atoms with Crippen LogP contribution in [0.25, 0.3) is 0 Å². The summed E-state index contributed by atoms with van der Waals surface area (Å²) in [5.74, 6) is -0.446. The van der Waals surface area contributed by atoms with E-state index in [1.165, 1.54) is 11.0 Å². The molecule has 0 aromatic heterocycles. The number of ether oxygens (including phenoxy) is 3. The molecule has 3 saturated heterocycles. The van der Waals surface area contributed by atoms with E-state index in [1.807, 2.05) is 25.7 Å². The third-order valence-electron chi connectivity index (χ3n) is 5.64. The first kappa shape index (κ1) is 21.6. The number of likely N-dealkylation sites (tertiary alicyclic amines) is 1. The summed E-state index contributed by atoms with van der Waals surface area (Å²) in [7, 11) is 0. The third kappa shape index (κ3) is 4.40. The maximum Gasteiger partial charge on any atom is 0.414 e. The lowest BCUT2D eigenvalue weighted by atomic mass is 10.1. The molecule has 4 rings (SSSR count). The van der Waals surface area contributed by atoms with Crippen molar-refractivity contribution in [3.63, 3.8) is 0 Å². The summed E-state index contributed by atoms with van der Waals surface area (Å²) in [4.78, 5) is 29.4. The molecule has 0 radical (unpaired) electrons. The predicted molar refractivity (Wildman–Crippen MR) is 112 cm³/mol. The van der Waals surface area contributed by atoms with Crippen LogP contribution in [0.4, 0.5) is 25.4 Å². The first-order valence-electron chi connectivity index (χ1n) is 10.5. The Labute approximate surface area is 180 Å². The number of halogens is 1. The van der Waals surface area contributed by atoms with Gasteiger partial charge in [0.15, 0.2) is 0 Å². The van der Waals surface area contributed by atoms with Gasteiger partial charge in [-0.15, -0.1) is 0 Å². The van der Waals surface area contributed by atoms with Crippen molar-refractivity contribution in [3.05, 3.63) is 24.0 Å². The number of benzene rings is 1. The lowest BCUT2D eigenvalue weighted by Crippen LogP contribution is -2.51. The fraction of sp³-hybridized carbons (Fsp3) is 0.619. The summed E-state index contributed by atoms with van der Waals surface area (Å²) >= 11 is 0. The van der Waals surface area contributed by atoms with E-state index in [9.17, 15) is 9.59 Å². The number of hydrogen-bond donors (Lipinski definition) is 1. The summed E-state index contributed by atoms with van der Waals surface area (Å²) < 4.78 is 31.6. The second-order valence-corrected chi connectivity index (χ2v) is 9.04. The molecular formula is C21H29FN4O5. The number of morpholine rings is 1. The standard InChI is InChI=1S/C21H29FN4O5/c1-21(2,3)31-19(27)24-11-17-18(12-24)29-7-6-25(17)16-5-4-13(8-15(16)22)26-10-14(9-23)30-20(26)28/h4-5,8,14,17-18H,6-7,9-12,23H2,1-3H3. The molecule has 3 fully saturated rings. The van der Waals surface area contributed by atoms with Crippen molar-refractivity contribution < 1.29 is 28.2 Å². The molecule has 0 saturated carbocycles. The van der Waals surface area contributed by atoms with Crippen LogP contribution in [0.3, 0.4) is 0 Å². The second kappa shape index (κ2) is 8.16. The van der Waals surface area contributed by atoms with Gasteiger partial charge in [-0.3, -0.25) is 4.90 Å². The Hall–Kier alpha value is -2.59. The molecule has 3 unspecified atom stereocenters. The molecular weight excluding hydrogens is 407 g/mol. The molecule has 10 heteroatoms. The SMILES string of the molecule is CC(C)(C)OC(=O)N1CC2OCCN(c3ccc(N4CC(CN)OC4=O)cc3F)C2C1. The molecule has 2 amide bonds. The van der Waals surface area contributed by atoms with E-state index in [2.05, 4.69) is 0 Å². The third-order valence-corrected chi connectivity index (χ3v) is 5.64. The van der Waals surface area contributed by atoms with E-state index in [0.717, 1.165) is 0 Å². The number of carbonyl (C=O) groups is 2. The van der Waals surface area contributed by atoms with Crippen molar-refractivity contribution in [1.29, 1.82) is 0 Å². The van der Waals surface area contributed by atoms with Crippen molar-refractivity contribution in [2.45, 2.75) is 44.6 Å². The van der Waals surface area contributed by atoms with E-state index < -0.39 is 29.7 Å². The number of hydrogen-bond acceptors (Lipinski definition) is 7. The Morgan fingerprint density at radius 2 is 2.06 bits per heavy atom.